The number of carboxylic acids is 1. The van der Waals surface area contributed by atoms with E-state index in [1.54, 1.807) is 0 Å². The normalized spacial score (nSPS) is 12.1. The van der Waals surface area contributed by atoms with E-state index < -0.39 is 16.9 Å². The second kappa shape index (κ2) is 5.42. The van der Waals surface area contributed by atoms with Gasteiger partial charge >= 0.3 is 11.7 Å². The molecule has 0 fully saturated rings. The molecule has 86 valence electrons. The van der Waals surface area contributed by atoms with E-state index in [0.717, 1.165) is 11.9 Å². The molecule has 1 rings (SSSR count). The monoisotopic (exact) mass is 243 g/mol. The zero-order valence-corrected chi connectivity index (χ0v) is 9.10. The van der Waals surface area contributed by atoms with E-state index in [-0.39, 0.29) is 10.7 Å². The molecule has 0 saturated carbocycles. The number of aromatic nitrogens is 1. The lowest BCUT2D eigenvalue weighted by Crippen LogP contribution is -2.28. The Morgan fingerprint density at radius 1 is 1.75 bits per heavy atom. The third-order valence-corrected chi connectivity index (χ3v) is 2.63. The number of carboxylic acid groups (broad SMARTS) is 1. The first-order valence-corrected chi connectivity index (χ1v) is 5.08. The maximum atomic E-state index is 10.6. The molecule has 0 aliphatic carbocycles. The third kappa shape index (κ3) is 3.17. The number of hydrogen-bond donors (Lipinski definition) is 2. The van der Waals surface area contributed by atoms with Crippen LogP contribution in [0.1, 0.15) is 6.92 Å². The SMILES string of the molecule is C[C@H](NSc1ncccc1[N+](=O)[O-])C(=O)O. The van der Waals surface area contributed by atoms with Gasteiger partial charge in [-0.25, -0.2) is 9.71 Å². The number of hydrogen-bond acceptors (Lipinski definition) is 6. The van der Waals surface area contributed by atoms with Crippen LogP contribution in [-0.4, -0.2) is 27.0 Å². The van der Waals surface area contributed by atoms with Crippen molar-refractivity contribution in [3.8, 4) is 0 Å². The molecule has 0 aliphatic rings. The van der Waals surface area contributed by atoms with Crippen molar-refractivity contribution in [2.75, 3.05) is 0 Å². The molecule has 0 saturated heterocycles. The summed E-state index contributed by atoms with van der Waals surface area (Å²) in [7, 11) is 0. The quantitative estimate of drug-likeness (QED) is 0.452. The zero-order valence-electron chi connectivity index (χ0n) is 8.28. The number of nitro groups is 1. The summed E-state index contributed by atoms with van der Waals surface area (Å²) in [5.41, 5.74) is -0.155. The minimum Gasteiger partial charge on any atom is -0.480 e. The molecule has 0 aliphatic heterocycles. The van der Waals surface area contributed by atoms with Gasteiger partial charge in [0.25, 0.3) is 0 Å². The van der Waals surface area contributed by atoms with Crippen molar-refractivity contribution in [2.45, 2.75) is 18.0 Å². The number of rotatable bonds is 5. The second-order valence-electron chi connectivity index (χ2n) is 2.86. The molecule has 0 spiro atoms. The first-order valence-electron chi connectivity index (χ1n) is 4.27. The topological polar surface area (TPSA) is 105 Å². The summed E-state index contributed by atoms with van der Waals surface area (Å²) in [5, 5.41) is 19.4. The van der Waals surface area contributed by atoms with Crippen LogP contribution in [0.5, 0.6) is 0 Å². The fourth-order valence-corrected chi connectivity index (χ4v) is 1.54. The molecule has 2 N–H and O–H groups in total. The molecule has 0 radical (unpaired) electrons. The smallest absolute Gasteiger partial charge is 0.321 e. The van der Waals surface area contributed by atoms with Gasteiger partial charge in [0.05, 0.1) is 4.92 Å². The predicted octanol–water partition coefficient (Wildman–Crippen LogP) is 1.06. The van der Waals surface area contributed by atoms with E-state index >= 15 is 0 Å². The Morgan fingerprint density at radius 3 is 3.00 bits per heavy atom. The van der Waals surface area contributed by atoms with Crippen LogP contribution in [0.25, 0.3) is 0 Å². The zero-order chi connectivity index (χ0) is 12.1. The van der Waals surface area contributed by atoms with Gasteiger partial charge < -0.3 is 5.11 Å². The van der Waals surface area contributed by atoms with E-state index in [4.69, 9.17) is 5.11 Å². The van der Waals surface area contributed by atoms with Crippen molar-refractivity contribution in [2.24, 2.45) is 0 Å². The molecule has 16 heavy (non-hydrogen) atoms. The summed E-state index contributed by atoms with van der Waals surface area (Å²) in [5.74, 6) is -1.04. The highest BCUT2D eigenvalue weighted by molar-refractivity contribution is 7.97. The molecule has 0 aromatic carbocycles. The second-order valence-corrected chi connectivity index (χ2v) is 3.69. The van der Waals surface area contributed by atoms with Crippen molar-refractivity contribution < 1.29 is 14.8 Å². The summed E-state index contributed by atoms with van der Waals surface area (Å²) >= 11 is 0.828. The van der Waals surface area contributed by atoms with Gasteiger partial charge in [-0.2, -0.15) is 0 Å². The third-order valence-electron chi connectivity index (χ3n) is 1.65. The lowest BCUT2D eigenvalue weighted by Gasteiger charge is -2.07. The number of pyridine rings is 1. The van der Waals surface area contributed by atoms with Crippen molar-refractivity contribution in [1.29, 1.82) is 0 Å². The molecule has 1 aromatic heterocycles. The van der Waals surface area contributed by atoms with Crippen LogP contribution in [-0.2, 0) is 4.79 Å². The Kier molecular flexibility index (Phi) is 4.20. The van der Waals surface area contributed by atoms with Gasteiger partial charge in [-0.1, -0.05) is 0 Å². The van der Waals surface area contributed by atoms with Gasteiger partial charge in [-0.05, 0) is 24.9 Å². The summed E-state index contributed by atoms with van der Waals surface area (Å²) < 4.78 is 2.54. The van der Waals surface area contributed by atoms with Gasteiger partial charge in [0.15, 0.2) is 5.03 Å². The molecular formula is C8H9N3O4S. The van der Waals surface area contributed by atoms with Crippen LogP contribution >= 0.6 is 11.9 Å². The number of aliphatic carboxylic acids is 1. The van der Waals surface area contributed by atoms with E-state index in [1.807, 2.05) is 0 Å². The fourth-order valence-electron chi connectivity index (χ4n) is 0.795. The molecule has 0 bridgehead atoms. The minimum atomic E-state index is -1.04. The summed E-state index contributed by atoms with van der Waals surface area (Å²) in [6.07, 6.45) is 1.41. The lowest BCUT2D eigenvalue weighted by atomic mass is 10.4. The molecule has 0 unspecified atom stereocenters. The van der Waals surface area contributed by atoms with Crippen molar-refractivity contribution in [1.82, 2.24) is 9.71 Å². The van der Waals surface area contributed by atoms with Gasteiger partial charge in [0.2, 0.25) is 0 Å². The molecule has 7 nitrogen and oxygen atoms in total. The van der Waals surface area contributed by atoms with E-state index in [1.165, 1.54) is 25.3 Å². The van der Waals surface area contributed by atoms with Crippen molar-refractivity contribution in [3.63, 3.8) is 0 Å². The highest BCUT2D eigenvalue weighted by Crippen LogP contribution is 2.24. The van der Waals surface area contributed by atoms with Crippen molar-refractivity contribution >= 4 is 23.6 Å². The van der Waals surface area contributed by atoms with E-state index in [9.17, 15) is 14.9 Å². The predicted molar refractivity (Wildman–Crippen MR) is 57.0 cm³/mol. The van der Waals surface area contributed by atoms with Crippen LogP contribution in [0.15, 0.2) is 23.4 Å². The average Bonchev–Trinajstić information content (AvgIpc) is 2.25. The molecule has 1 heterocycles. The molecule has 0 amide bonds. The first kappa shape index (κ1) is 12.4. The highest BCUT2D eigenvalue weighted by atomic mass is 32.2. The van der Waals surface area contributed by atoms with Gasteiger partial charge in [-0.15, -0.1) is 0 Å². The van der Waals surface area contributed by atoms with E-state index in [2.05, 4.69) is 9.71 Å². The number of nitrogens with zero attached hydrogens (tertiary/aromatic N) is 2. The van der Waals surface area contributed by atoms with Crippen LogP contribution in [0.4, 0.5) is 5.69 Å². The van der Waals surface area contributed by atoms with Crippen LogP contribution < -0.4 is 4.72 Å². The first-order chi connectivity index (χ1) is 7.52. The Hall–Kier alpha value is -1.67. The Labute approximate surface area is 95.2 Å². The highest BCUT2D eigenvalue weighted by Gasteiger charge is 2.17. The largest absolute Gasteiger partial charge is 0.480 e. The van der Waals surface area contributed by atoms with Crippen LogP contribution in [0.2, 0.25) is 0 Å². The Morgan fingerprint density at radius 2 is 2.44 bits per heavy atom. The average molecular weight is 243 g/mol. The van der Waals surface area contributed by atoms with Gasteiger partial charge in [0.1, 0.15) is 6.04 Å². The number of nitrogens with one attached hydrogen (secondary N) is 1. The molecule has 1 atom stereocenters. The summed E-state index contributed by atoms with van der Waals surface area (Å²) in [6.45, 7) is 1.43. The minimum absolute atomic E-state index is 0.139. The summed E-state index contributed by atoms with van der Waals surface area (Å²) in [6, 6.07) is 1.94. The van der Waals surface area contributed by atoms with Crippen molar-refractivity contribution in [3.05, 3.63) is 28.4 Å². The maximum absolute atomic E-state index is 10.6. The standard InChI is InChI=1S/C8H9N3O4S/c1-5(8(12)13)10-16-7-6(11(14)15)3-2-4-9-7/h2-5,10H,1H3,(H,12,13)/t5-/m0/s1. The van der Waals surface area contributed by atoms with Crippen LogP contribution in [0, 0.1) is 10.1 Å². The fraction of sp³-hybridized carbons (Fsp3) is 0.250. The Balaban J connectivity index is 2.74. The van der Waals surface area contributed by atoms with E-state index in [0.29, 0.717) is 0 Å². The van der Waals surface area contributed by atoms with Crippen LogP contribution in [0.3, 0.4) is 0 Å². The molecule has 1 aromatic rings. The summed E-state index contributed by atoms with van der Waals surface area (Å²) in [4.78, 5) is 24.3. The Bertz CT molecular complexity index is 412. The van der Waals surface area contributed by atoms with Gasteiger partial charge in [-0.3, -0.25) is 14.9 Å². The molecular weight excluding hydrogens is 234 g/mol. The molecule has 8 heteroatoms. The lowest BCUT2D eigenvalue weighted by molar-refractivity contribution is -0.388. The van der Waals surface area contributed by atoms with Gasteiger partial charge in [0, 0.05) is 12.3 Å². The maximum Gasteiger partial charge on any atom is 0.321 e. The number of carbonyl (C=O) groups is 1.